The van der Waals surface area contributed by atoms with Crippen molar-refractivity contribution in [3.8, 4) is 0 Å². The highest BCUT2D eigenvalue weighted by Gasteiger charge is 2.17. The van der Waals surface area contributed by atoms with E-state index in [4.69, 9.17) is 19.4 Å². The van der Waals surface area contributed by atoms with E-state index in [0.717, 1.165) is 28.6 Å². The number of aromatic nitrogens is 2. The highest BCUT2D eigenvalue weighted by Crippen LogP contribution is 2.24. The molecule has 1 aromatic carbocycles. The molecule has 3 aromatic rings. The molecule has 0 bridgehead atoms. The molecule has 1 aliphatic heterocycles. The smallest absolute Gasteiger partial charge is 0.254 e. The van der Waals surface area contributed by atoms with Crippen LogP contribution >= 0.6 is 11.6 Å². The van der Waals surface area contributed by atoms with Crippen LogP contribution < -0.4 is 16.1 Å². The lowest BCUT2D eigenvalue weighted by Gasteiger charge is -2.10. The molecule has 0 saturated heterocycles. The number of benzene rings is 1. The first-order valence-electron chi connectivity index (χ1n) is 9.18. The minimum Gasteiger partial charge on any atom is -0.387 e. The molecule has 0 aliphatic carbocycles. The Morgan fingerprint density at radius 1 is 1.28 bits per heavy atom. The molecule has 0 spiro atoms. The molecule has 0 atom stereocenters. The fraction of sp³-hybridized carbons (Fsp3) is 0.0909. The van der Waals surface area contributed by atoms with E-state index >= 15 is 0 Å². The fourth-order valence-electron chi connectivity index (χ4n) is 3.17. The Morgan fingerprint density at radius 3 is 2.93 bits per heavy atom. The first-order chi connectivity index (χ1) is 14.1. The van der Waals surface area contributed by atoms with E-state index in [1.807, 2.05) is 48.7 Å². The van der Waals surface area contributed by atoms with E-state index in [-0.39, 0.29) is 5.91 Å². The number of H-pyrrole nitrogens is 1. The average Bonchev–Trinajstić information content (AvgIpc) is 3.10. The summed E-state index contributed by atoms with van der Waals surface area (Å²) in [5.41, 5.74) is 4.60. The second-order valence-corrected chi connectivity index (χ2v) is 7.07. The van der Waals surface area contributed by atoms with Gasteiger partial charge in [-0.1, -0.05) is 53.5 Å². The summed E-state index contributed by atoms with van der Waals surface area (Å²) < 4.78 is 0. The van der Waals surface area contributed by atoms with Crippen molar-refractivity contribution in [2.45, 2.75) is 0 Å². The Bertz CT molecular complexity index is 1150. The SMILES string of the molecule is [B]c1ccc2c(C(=O)NCC3=CNCC=C3)c(/C=C/c3ccc(Cl)nc3)[nH]c2c1. The summed E-state index contributed by atoms with van der Waals surface area (Å²) >= 11 is 5.84. The van der Waals surface area contributed by atoms with Crippen LogP contribution in [-0.4, -0.2) is 36.8 Å². The third-order valence-corrected chi connectivity index (χ3v) is 4.80. The van der Waals surface area contributed by atoms with Gasteiger partial charge in [-0.25, -0.2) is 4.98 Å². The van der Waals surface area contributed by atoms with Crippen molar-refractivity contribution in [1.82, 2.24) is 20.6 Å². The lowest BCUT2D eigenvalue weighted by Crippen LogP contribution is -2.27. The molecule has 2 aromatic heterocycles. The van der Waals surface area contributed by atoms with Gasteiger partial charge >= 0.3 is 0 Å². The zero-order valence-electron chi connectivity index (χ0n) is 15.6. The van der Waals surface area contributed by atoms with E-state index in [1.54, 1.807) is 18.3 Å². The molecule has 3 heterocycles. The lowest BCUT2D eigenvalue weighted by molar-refractivity contribution is 0.0959. The number of dihydropyridines is 1. The van der Waals surface area contributed by atoms with Gasteiger partial charge in [-0.15, -0.1) is 0 Å². The van der Waals surface area contributed by atoms with Gasteiger partial charge in [0, 0.05) is 36.4 Å². The molecule has 0 fully saturated rings. The summed E-state index contributed by atoms with van der Waals surface area (Å²) in [5.74, 6) is -0.158. The number of rotatable bonds is 5. The summed E-state index contributed by atoms with van der Waals surface area (Å²) in [6, 6.07) is 9.06. The Labute approximate surface area is 175 Å². The predicted octanol–water partition coefficient (Wildman–Crippen LogP) is 2.95. The number of nitrogens with zero attached hydrogens (tertiary/aromatic N) is 1. The molecular formula is C22H18BClN4O. The molecular weight excluding hydrogens is 383 g/mol. The van der Waals surface area contributed by atoms with Gasteiger partial charge < -0.3 is 15.6 Å². The normalized spacial score (nSPS) is 13.5. The molecule has 2 radical (unpaired) electrons. The monoisotopic (exact) mass is 400 g/mol. The van der Waals surface area contributed by atoms with Crippen LogP contribution in [0.4, 0.5) is 0 Å². The lowest BCUT2D eigenvalue weighted by atomic mass is 9.95. The summed E-state index contributed by atoms with van der Waals surface area (Å²) in [4.78, 5) is 20.4. The van der Waals surface area contributed by atoms with Gasteiger partial charge in [-0.3, -0.25) is 4.79 Å². The summed E-state index contributed by atoms with van der Waals surface area (Å²) in [7, 11) is 5.91. The standard InChI is InChI=1S/C22H18BClN4O/c23-16-5-6-17-19(10-16)28-18(7-3-14-4-8-20(24)26-12-14)21(17)22(29)27-13-15-2-1-9-25-11-15/h1-8,10-12,25,28H,9,13H2,(H,27,29)/b7-3+. The molecule has 142 valence electrons. The average molecular weight is 401 g/mol. The van der Waals surface area contributed by atoms with Gasteiger partial charge in [-0.2, -0.15) is 0 Å². The molecule has 7 heteroatoms. The van der Waals surface area contributed by atoms with Crippen LogP contribution in [0, 0.1) is 0 Å². The second-order valence-electron chi connectivity index (χ2n) is 6.68. The van der Waals surface area contributed by atoms with Crippen LogP contribution in [0.25, 0.3) is 23.1 Å². The zero-order chi connectivity index (χ0) is 20.2. The van der Waals surface area contributed by atoms with Crippen LogP contribution in [0.15, 0.2) is 60.5 Å². The number of pyridine rings is 1. The van der Waals surface area contributed by atoms with E-state index in [1.165, 1.54) is 0 Å². The molecule has 3 N–H and O–H groups in total. The van der Waals surface area contributed by atoms with Gasteiger partial charge in [0.15, 0.2) is 0 Å². The van der Waals surface area contributed by atoms with Crippen molar-refractivity contribution < 1.29 is 4.79 Å². The van der Waals surface area contributed by atoms with E-state index < -0.39 is 0 Å². The van der Waals surface area contributed by atoms with Gasteiger partial charge in [0.05, 0.1) is 11.3 Å². The van der Waals surface area contributed by atoms with E-state index in [0.29, 0.717) is 28.4 Å². The Morgan fingerprint density at radius 2 is 2.17 bits per heavy atom. The number of hydrogen-bond donors (Lipinski definition) is 3. The maximum absolute atomic E-state index is 13.0. The summed E-state index contributed by atoms with van der Waals surface area (Å²) in [5, 5.41) is 7.38. The number of carbonyl (C=O) groups is 1. The summed E-state index contributed by atoms with van der Waals surface area (Å²) in [6.07, 6.45) is 11.3. The van der Waals surface area contributed by atoms with Crippen molar-refractivity contribution in [1.29, 1.82) is 0 Å². The maximum atomic E-state index is 13.0. The maximum Gasteiger partial charge on any atom is 0.254 e. The zero-order valence-corrected chi connectivity index (χ0v) is 16.3. The molecule has 1 amide bonds. The number of carbonyl (C=O) groups excluding carboxylic acids is 1. The first kappa shape index (κ1) is 19.1. The Kier molecular flexibility index (Phi) is 5.54. The van der Waals surface area contributed by atoms with Crippen molar-refractivity contribution in [2.24, 2.45) is 0 Å². The minimum atomic E-state index is -0.158. The fourth-order valence-corrected chi connectivity index (χ4v) is 3.28. The number of halogens is 1. The minimum absolute atomic E-state index is 0.158. The van der Waals surface area contributed by atoms with E-state index in [9.17, 15) is 4.79 Å². The number of nitrogens with one attached hydrogen (secondary N) is 3. The predicted molar refractivity (Wildman–Crippen MR) is 119 cm³/mol. The highest BCUT2D eigenvalue weighted by atomic mass is 35.5. The van der Waals surface area contributed by atoms with Crippen molar-refractivity contribution in [3.63, 3.8) is 0 Å². The molecule has 0 saturated carbocycles. The van der Waals surface area contributed by atoms with Gasteiger partial charge in [-0.05, 0) is 29.3 Å². The third-order valence-electron chi connectivity index (χ3n) is 4.58. The highest BCUT2D eigenvalue weighted by molar-refractivity contribution is 6.33. The molecule has 5 nitrogen and oxygen atoms in total. The summed E-state index contributed by atoms with van der Waals surface area (Å²) in [6.45, 7) is 1.24. The molecule has 0 unspecified atom stereocenters. The Balaban J connectivity index is 1.65. The molecule has 4 rings (SSSR count). The van der Waals surface area contributed by atoms with Crippen LogP contribution in [-0.2, 0) is 0 Å². The third kappa shape index (κ3) is 4.44. The van der Waals surface area contributed by atoms with E-state index in [2.05, 4.69) is 20.6 Å². The number of amides is 1. The topological polar surface area (TPSA) is 69.8 Å². The van der Waals surface area contributed by atoms with Crippen LogP contribution in [0.3, 0.4) is 0 Å². The quantitative estimate of drug-likeness (QED) is 0.455. The first-order valence-corrected chi connectivity index (χ1v) is 9.56. The van der Waals surface area contributed by atoms with Crippen molar-refractivity contribution >= 4 is 53.9 Å². The number of fused-ring (bicyclic) bond motifs is 1. The number of hydrogen-bond acceptors (Lipinski definition) is 3. The largest absolute Gasteiger partial charge is 0.387 e. The van der Waals surface area contributed by atoms with Crippen molar-refractivity contribution in [3.05, 3.63) is 82.4 Å². The van der Waals surface area contributed by atoms with Crippen LogP contribution in [0.1, 0.15) is 21.6 Å². The number of aromatic amines is 1. The Hall–Kier alpha value is -3.25. The molecule has 1 aliphatic rings. The van der Waals surface area contributed by atoms with Crippen LogP contribution in [0.2, 0.25) is 5.15 Å². The van der Waals surface area contributed by atoms with Gasteiger partial charge in [0.2, 0.25) is 0 Å². The molecule has 29 heavy (non-hydrogen) atoms. The second kappa shape index (κ2) is 8.41. The van der Waals surface area contributed by atoms with Crippen LogP contribution in [0.5, 0.6) is 0 Å². The van der Waals surface area contributed by atoms with Gasteiger partial charge in [0.25, 0.3) is 5.91 Å². The van der Waals surface area contributed by atoms with Gasteiger partial charge in [0.1, 0.15) is 13.0 Å². The van der Waals surface area contributed by atoms with Crippen molar-refractivity contribution in [2.75, 3.05) is 13.1 Å².